The van der Waals surface area contributed by atoms with Crippen LogP contribution in [0.15, 0.2) is 40.9 Å². The van der Waals surface area contributed by atoms with Crippen molar-refractivity contribution in [3.05, 3.63) is 57.9 Å². The summed E-state index contributed by atoms with van der Waals surface area (Å²) in [6.07, 6.45) is 6.21. The molecule has 1 aromatic carbocycles. The van der Waals surface area contributed by atoms with E-state index in [-0.39, 0.29) is 17.3 Å². The maximum absolute atomic E-state index is 14.7. The summed E-state index contributed by atoms with van der Waals surface area (Å²) in [6, 6.07) is 4.15. The Bertz CT molecular complexity index is 1400. The molecule has 1 N–H and O–H groups in total. The third-order valence-corrected chi connectivity index (χ3v) is 10.3. The quantitative estimate of drug-likeness (QED) is 0.540. The number of amides is 3. The van der Waals surface area contributed by atoms with Crippen LogP contribution < -0.4 is 9.62 Å². The van der Waals surface area contributed by atoms with E-state index in [1.165, 1.54) is 17.0 Å². The van der Waals surface area contributed by atoms with E-state index < -0.39 is 44.6 Å². The van der Waals surface area contributed by atoms with Crippen LogP contribution in [-0.4, -0.2) is 64.9 Å². The summed E-state index contributed by atoms with van der Waals surface area (Å²) < 4.78 is 45.3. The molecule has 2 aromatic rings. The Kier molecular flexibility index (Phi) is 6.35. The maximum atomic E-state index is 14.7. The maximum Gasteiger partial charge on any atom is 0.328 e. The van der Waals surface area contributed by atoms with Crippen molar-refractivity contribution >= 4 is 39.4 Å². The minimum absolute atomic E-state index is 0.00390. The second-order valence-corrected chi connectivity index (χ2v) is 13.3. The number of nitrogens with zero attached hydrogens (tertiary/aromatic N) is 5. The number of halogens is 1. The first-order valence-electron chi connectivity index (χ1n) is 11.8. The van der Waals surface area contributed by atoms with E-state index >= 15 is 0 Å². The first kappa shape index (κ1) is 25.7. The highest BCUT2D eigenvalue weighted by Gasteiger charge is 2.52. The van der Waals surface area contributed by atoms with Gasteiger partial charge in [-0.2, -0.15) is 5.10 Å². The number of aryl methyl sites for hydroxylation is 1. The highest BCUT2D eigenvalue weighted by molar-refractivity contribution is 8.18. The van der Waals surface area contributed by atoms with Crippen molar-refractivity contribution in [1.29, 1.82) is 0 Å². The van der Waals surface area contributed by atoms with Crippen LogP contribution in [-0.2, 0) is 35.0 Å². The minimum atomic E-state index is -3.86. The molecule has 13 heteroatoms. The van der Waals surface area contributed by atoms with Gasteiger partial charge in [0.25, 0.3) is 0 Å². The highest BCUT2D eigenvalue weighted by Crippen LogP contribution is 2.46. The fourth-order valence-electron chi connectivity index (χ4n) is 4.51. The Morgan fingerprint density at radius 3 is 2.54 bits per heavy atom. The van der Waals surface area contributed by atoms with E-state index in [1.54, 1.807) is 55.3 Å². The zero-order valence-electron chi connectivity index (χ0n) is 21.0. The number of carbonyl (C=O) groups is 2. The van der Waals surface area contributed by atoms with Crippen molar-refractivity contribution in [2.75, 3.05) is 19.0 Å². The van der Waals surface area contributed by atoms with Gasteiger partial charge in [0.2, 0.25) is 15.9 Å². The van der Waals surface area contributed by atoms with Crippen LogP contribution in [0.1, 0.15) is 30.9 Å². The second kappa shape index (κ2) is 9.14. The molecule has 2 unspecified atom stereocenters. The van der Waals surface area contributed by atoms with Gasteiger partial charge in [0, 0.05) is 45.0 Å². The molecule has 2 aliphatic heterocycles. The number of sulfonamides is 1. The van der Waals surface area contributed by atoms with Crippen molar-refractivity contribution in [3.63, 3.8) is 0 Å². The van der Waals surface area contributed by atoms with Crippen LogP contribution >= 0.6 is 11.8 Å². The number of urea groups is 1. The fraction of sp³-hybridized carbons (Fsp3) is 0.458. The summed E-state index contributed by atoms with van der Waals surface area (Å²) in [5, 5.41) is 3.34. The Labute approximate surface area is 219 Å². The summed E-state index contributed by atoms with van der Waals surface area (Å²) in [4.78, 5) is 31.4. The van der Waals surface area contributed by atoms with Crippen molar-refractivity contribution in [1.82, 2.24) is 24.3 Å². The van der Waals surface area contributed by atoms with Gasteiger partial charge in [0.15, 0.2) is 0 Å². The summed E-state index contributed by atoms with van der Waals surface area (Å²) in [5.41, 5.74) is 1.12. The molecule has 1 saturated carbocycles. The van der Waals surface area contributed by atoms with E-state index in [4.69, 9.17) is 0 Å². The number of hydrogen-bond acceptors (Lipinski definition) is 7. The molecule has 0 radical (unpaired) electrons. The molecule has 3 heterocycles. The fourth-order valence-corrected chi connectivity index (χ4v) is 7.82. The molecule has 2 fully saturated rings. The number of aromatic nitrogens is 2. The van der Waals surface area contributed by atoms with E-state index in [1.807, 2.05) is 6.92 Å². The number of rotatable bonds is 8. The third kappa shape index (κ3) is 4.99. The van der Waals surface area contributed by atoms with Gasteiger partial charge in [-0.3, -0.25) is 14.4 Å². The number of imide groups is 1. The van der Waals surface area contributed by atoms with Crippen LogP contribution in [0.25, 0.3) is 0 Å². The lowest BCUT2D eigenvalue weighted by molar-refractivity contribution is -0.135. The zero-order valence-corrected chi connectivity index (χ0v) is 22.6. The van der Waals surface area contributed by atoms with Gasteiger partial charge < -0.3 is 9.80 Å². The van der Waals surface area contributed by atoms with Crippen LogP contribution in [0, 0.1) is 11.7 Å². The third-order valence-electron chi connectivity index (χ3n) is 6.79. The van der Waals surface area contributed by atoms with E-state index in [2.05, 4.69) is 9.82 Å². The summed E-state index contributed by atoms with van der Waals surface area (Å²) in [7, 11) is 1.34. The average Bonchev–Trinajstić information content (AvgIpc) is 3.19. The average molecular weight is 549 g/mol. The van der Waals surface area contributed by atoms with Gasteiger partial charge in [0.1, 0.15) is 15.4 Å². The number of hydrogen-bond donors (Lipinski definition) is 1. The molecular weight excluding hydrogens is 519 g/mol. The van der Waals surface area contributed by atoms with Crippen molar-refractivity contribution < 1.29 is 22.4 Å². The number of thioether (sulfide) groups is 1. The van der Waals surface area contributed by atoms with Crippen LogP contribution in [0.2, 0.25) is 0 Å². The molecule has 3 amide bonds. The summed E-state index contributed by atoms with van der Waals surface area (Å²) >= 11 is 0.979. The lowest BCUT2D eigenvalue weighted by atomic mass is 10.0. The summed E-state index contributed by atoms with van der Waals surface area (Å²) in [6.45, 7) is 1.84. The number of nitrogens with one attached hydrogen (secondary N) is 1. The zero-order chi connectivity index (χ0) is 26.7. The van der Waals surface area contributed by atoms with Crippen LogP contribution in [0.4, 0.5) is 14.9 Å². The van der Waals surface area contributed by atoms with Gasteiger partial charge in [0.05, 0.1) is 24.3 Å². The predicted octanol–water partition coefficient (Wildman–Crippen LogP) is 2.59. The normalized spacial score (nSPS) is 22.8. The van der Waals surface area contributed by atoms with Crippen molar-refractivity contribution in [3.8, 4) is 0 Å². The molecule has 3 aliphatic rings. The molecule has 2 atom stereocenters. The molecule has 0 bridgehead atoms. The van der Waals surface area contributed by atoms with Crippen LogP contribution in [0.5, 0.6) is 0 Å². The molecule has 0 spiro atoms. The predicted molar refractivity (Wildman–Crippen MR) is 138 cm³/mol. The molecular formula is C24H29FN6O4S2. The standard InChI is InChI=1S/C24H29FN6O4S2/c1-24(7-8-24)27-37(34,35)20-10-17-21(32)30(14-16-11-26-29(4)12-16)23(33)31(22(17)36-20)13-15-5-6-19(28(2)3)18(25)9-15/h5-6,9-12,17,22,27H,7-8,13-14H2,1-4H3. The number of carbonyl (C=O) groups excluding carboxylic acids is 2. The minimum Gasteiger partial charge on any atom is -0.375 e. The SMILES string of the molecule is CN(C)c1ccc(CN2C(=O)N(Cc3cnn(C)c3)C(=O)C3C=C(S(=O)(=O)NC4(C)CC4)SC32)cc1F. The molecule has 1 aromatic heterocycles. The highest BCUT2D eigenvalue weighted by atomic mass is 32.3. The number of fused-ring (bicyclic) bond motifs is 1. The lowest BCUT2D eigenvalue weighted by Gasteiger charge is -2.41. The van der Waals surface area contributed by atoms with Crippen molar-refractivity contribution in [2.24, 2.45) is 13.0 Å². The van der Waals surface area contributed by atoms with Gasteiger partial charge in [-0.25, -0.2) is 22.3 Å². The van der Waals surface area contributed by atoms with E-state index in [9.17, 15) is 22.4 Å². The Morgan fingerprint density at radius 1 is 1.22 bits per heavy atom. The molecule has 5 rings (SSSR count). The smallest absolute Gasteiger partial charge is 0.328 e. The molecule has 37 heavy (non-hydrogen) atoms. The number of anilines is 1. The van der Waals surface area contributed by atoms with Gasteiger partial charge in [-0.05, 0) is 43.5 Å². The molecule has 10 nitrogen and oxygen atoms in total. The Balaban J connectivity index is 1.47. The largest absolute Gasteiger partial charge is 0.375 e. The van der Waals surface area contributed by atoms with Crippen molar-refractivity contribution in [2.45, 2.75) is 43.8 Å². The second-order valence-electron chi connectivity index (χ2n) is 10.2. The Hall–Kier alpha value is -2.90. The molecule has 1 saturated heterocycles. The van der Waals surface area contributed by atoms with Gasteiger partial charge in [-0.1, -0.05) is 17.8 Å². The Morgan fingerprint density at radius 2 is 1.95 bits per heavy atom. The lowest BCUT2D eigenvalue weighted by Crippen LogP contribution is -2.58. The summed E-state index contributed by atoms with van der Waals surface area (Å²) in [5.74, 6) is -1.77. The van der Waals surface area contributed by atoms with Crippen LogP contribution in [0.3, 0.4) is 0 Å². The topological polar surface area (TPSA) is 108 Å². The monoisotopic (exact) mass is 548 g/mol. The first-order chi connectivity index (χ1) is 17.4. The first-order valence-corrected chi connectivity index (χ1v) is 14.2. The van der Waals surface area contributed by atoms with E-state index in [0.29, 0.717) is 16.8 Å². The molecule has 198 valence electrons. The molecule has 1 aliphatic carbocycles. The van der Waals surface area contributed by atoms with Gasteiger partial charge in [-0.15, -0.1) is 0 Å². The van der Waals surface area contributed by atoms with Gasteiger partial charge >= 0.3 is 6.03 Å². The number of benzene rings is 1. The van der Waals surface area contributed by atoms with E-state index in [0.717, 1.165) is 29.5 Å².